The van der Waals surface area contributed by atoms with Crippen LogP contribution < -0.4 is 0 Å². The highest BCUT2D eigenvalue weighted by Gasteiger charge is 2.10. The topological polar surface area (TPSA) is 39.2 Å². The van der Waals surface area contributed by atoms with Crippen LogP contribution in [0, 0.1) is 13.8 Å². The summed E-state index contributed by atoms with van der Waals surface area (Å²) in [6.07, 6.45) is 1.02. The van der Waals surface area contributed by atoms with Gasteiger partial charge in [-0.2, -0.15) is 0 Å². The molecule has 0 saturated carbocycles. The largest absolute Gasteiger partial charge is 0.469 e. The number of ether oxygens (including phenoxy) is 1. The molecule has 0 aliphatic heterocycles. The number of carbonyl (C=O) groups excluding carboxylic acids is 1. The molecular weight excluding hydrogens is 262 g/mol. The molecule has 0 bridgehead atoms. The quantitative estimate of drug-likeness (QED) is 0.805. The first-order valence-electron chi connectivity index (χ1n) is 6.15. The number of rotatable bonds is 3. The number of aryl methyl sites for hydroxylation is 3. The van der Waals surface area contributed by atoms with Gasteiger partial charge in [0, 0.05) is 22.5 Å². The number of carbonyl (C=O) groups is 1. The van der Waals surface area contributed by atoms with Gasteiger partial charge in [-0.1, -0.05) is 17.7 Å². The number of fused-ring (bicyclic) bond motifs is 1. The van der Waals surface area contributed by atoms with Gasteiger partial charge in [0.1, 0.15) is 0 Å². The van der Waals surface area contributed by atoms with Gasteiger partial charge < -0.3 is 4.74 Å². The maximum absolute atomic E-state index is 11.3. The number of hydrogen-bond acceptors (Lipinski definition) is 3. The summed E-state index contributed by atoms with van der Waals surface area (Å²) in [7, 11) is 1.40. The molecule has 1 aromatic heterocycles. The maximum atomic E-state index is 11.3. The molecule has 0 spiro atoms. The van der Waals surface area contributed by atoms with Gasteiger partial charge >= 0.3 is 5.97 Å². The standard InChI is InChI=1S/C15H16ClNO2/c1-9-8-11(4-7-14(18)19-3)12-5-6-13(16)10(2)15(12)17-9/h5-6,8H,4,7H2,1-3H3. The summed E-state index contributed by atoms with van der Waals surface area (Å²) in [6.45, 7) is 3.91. The summed E-state index contributed by atoms with van der Waals surface area (Å²) in [6, 6.07) is 5.85. The van der Waals surface area contributed by atoms with Crippen LogP contribution in [0.5, 0.6) is 0 Å². The van der Waals surface area contributed by atoms with Crippen LogP contribution in [0.25, 0.3) is 10.9 Å². The molecule has 0 aliphatic rings. The highest BCUT2D eigenvalue weighted by molar-refractivity contribution is 6.32. The molecule has 1 aromatic carbocycles. The second-order valence-corrected chi connectivity index (χ2v) is 4.97. The van der Waals surface area contributed by atoms with Crippen molar-refractivity contribution < 1.29 is 9.53 Å². The van der Waals surface area contributed by atoms with E-state index in [-0.39, 0.29) is 5.97 Å². The second-order valence-electron chi connectivity index (χ2n) is 4.57. The van der Waals surface area contributed by atoms with E-state index in [2.05, 4.69) is 9.72 Å². The third-order valence-corrected chi connectivity index (χ3v) is 3.62. The Morgan fingerprint density at radius 2 is 2.11 bits per heavy atom. The molecular formula is C15H16ClNO2. The Morgan fingerprint density at radius 1 is 1.37 bits per heavy atom. The van der Waals surface area contributed by atoms with E-state index in [0.29, 0.717) is 17.9 Å². The Morgan fingerprint density at radius 3 is 2.79 bits per heavy atom. The van der Waals surface area contributed by atoms with E-state index in [1.807, 2.05) is 32.0 Å². The summed E-state index contributed by atoms with van der Waals surface area (Å²) in [5, 5.41) is 1.76. The van der Waals surface area contributed by atoms with Crippen molar-refractivity contribution in [1.29, 1.82) is 0 Å². The molecule has 0 atom stereocenters. The Kier molecular flexibility index (Phi) is 4.05. The molecule has 2 rings (SSSR count). The number of nitrogens with zero attached hydrogens (tertiary/aromatic N) is 1. The molecule has 3 nitrogen and oxygen atoms in total. The monoisotopic (exact) mass is 277 g/mol. The summed E-state index contributed by atoms with van der Waals surface area (Å²) >= 11 is 6.13. The molecule has 0 fully saturated rings. The van der Waals surface area contributed by atoms with Crippen LogP contribution in [0.15, 0.2) is 18.2 Å². The minimum atomic E-state index is -0.201. The number of pyridine rings is 1. The van der Waals surface area contributed by atoms with Gasteiger partial charge in [-0.15, -0.1) is 0 Å². The van der Waals surface area contributed by atoms with Gasteiger partial charge in [-0.3, -0.25) is 9.78 Å². The van der Waals surface area contributed by atoms with Crippen LogP contribution in [-0.2, 0) is 16.0 Å². The van der Waals surface area contributed by atoms with Crippen molar-refractivity contribution >= 4 is 28.5 Å². The van der Waals surface area contributed by atoms with Crippen LogP contribution in [0.4, 0.5) is 0 Å². The third kappa shape index (κ3) is 2.87. The molecule has 19 heavy (non-hydrogen) atoms. The number of benzene rings is 1. The molecule has 100 valence electrons. The van der Waals surface area contributed by atoms with Gasteiger partial charge in [-0.25, -0.2) is 0 Å². The van der Waals surface area contributed by atoms with E-state index in [0.717, 1.165) is 27.7 Å². The fourth-order valence-electron chi connectivity index (χ4n) is 2.16. The Bertz CT molecular complexity index is 638. The van der Waals surface area contributed by atoms with Crippen molar-refractivity contribution in [1.82, 2.24) is 4.98 Å². The Balaban J connectivity index is 2.49. The molecule has 0 aliphatic carbocycles. The van der Waals surface area contributed by atoms with Crippen molar-refractivity contribution in [2.24, 2.45) is 0 Å². The summed E-state index contributed by atoms with van der Waals surface area (Å²) < 4.78 is 4.68. The number of hydrogen-bond donors (Lipinski definition) is 0. The second kappa shape index (κ2) is 5.57. The van der Waals surface area contributed by atoms with Crippen molar-refractivity contribution in [2.75, 3.05) is 7.11 Å². The summed E-state index contributed by atoms with van der Waals surface area (Å²) in [4.78, 5) is 15.8. The first-order valence-corrected chi connectivity index (χ1v) is 6.53. The fraction of sp³-hybridized carbons (Fsp3) is 0.333. The average Bonchev–Trinajstić information content (AvgIpc) is 2.40. The van der Waals surface area contributed by atoms with E-state index in [9.17, 15) is 4.79 Å². The molecule has 4 heteroatoms. The predicted octanol–water partition coefficient (Wildman–Crippen LogP) is 3.61. The number of aromatic nitrogens is 1. The molecule has 0 radical (unpaired) electrons. The van der Waals surface area contributed by atoms with E-state index in [1.165, 1.54) is 7.11 Å². The van der Waals surface area contributed by atoms with Gasteiger partial charge in [-0.05, 0) is 43.5 Å². The molecule has 2 aromatic rings. The van der Waals surface area contributed by atoms with Crippen molar-refractivity contribution in [3.63, 3.8) is 0 Å². The molecule has 0 N–H and O–H groups in total. The average molecular weight is 278 g/mol. The van der Waals surface area contributed by atoms with E-state index in [4.69, 9.17) is 11.6 Å². The van der Waals surface area contributed by atoms with Gasteiger partial charge in [0.2, 0.25) is 0 Å². The predicted molar refractivity (Wildman–Crippen MR) is 76.6 cm³/mol. The normalized spacial score (nSPS) is 10.7. The lowest BCUT2D eigenvalue weighted by molar-refractivity contribution is -0.140. The lowest BCUT2D eigenvalue weighted by atomic mass is 10.0. The highest BCUT2D eigenvalue weighted by Crippen LogP contribution is 2.27. The number of methoxy groups -OCH3 is 1. The Labute approximate surface area is 117 Å². The van der Waals surface area contributed by atoms with E-state index < -0.39 is 0 Å². The molecule has 0 unspecified atom stereocenters. The maximum Gasteiger partial charge on any atom is 0.305 e. The summed E-state index contributed by atoms with van der Waals surface area (Å²) in [5.74, 6) is -0.201. The first kappa shape index (κ1) is 13.8. The van der Waals surface area contributed by atoms with Gasteiger partial charge in [0.25, 0.3) is 0 Å². The van der Waals surface area contributed by atoms with Crippen LogP contribution in [0.1, 0.15) is 23.2 Å². The van der Waals surface area contributed by atoms with Crippen molar-refractivity contribution in [2.45, 2.75) is 26.7 Å². The first-order chi connectivity index (χ1) is 9.02. The lowest BCUT2D eigenvalue weighted by Crippen LogP contribution is -2.03. The van der Waals surface area contributed by atoms with Gasteiger partial charge in [0.15, 0.2) is 0 Å². The zero-order valence-electron chi connectivity index (χ0n) is 11.3. The fourth-order valence-corrected chi connectivity index (χ4v) is 2.32. The molecule has 0 amide bonds. The lowest BCUT2D eigenvalue weighted by Gasteiger charge is -2.10. The van der Waals surface area contributed by atoms with Crippen molar-refractivity contribution in [3.05, 3.63) is 40.0 Å². The zero-order valence-corrected chi connectivity index (χ0v) is 12.0. The van der Waals surface area contributed by atoms with Crippen LogP contribution in [0.2, 0.25) is 5.02 Å². The third-order valence-electron chi connectivity index (χ3n) is 3.21. The Hall–Kier alpha value is -1.61. The smallest absolute Gasteiger partial charge is 0.305 e. The van der Waals surface area contributed by atoms with Crippen LogP contribution >= 0.6 is 11.6 Å². The molecule has 1 heterocycles. The van der Waals surface area contributed by atoms with E-state index in [1.54, 1.807) is 0 Å². The SMILES string of the molecule is COC(=O)CCc1cc(C)nc2c(C)c(Cl)ccc12. The highest BCUT2D eigenvalue weighted by atomic mass is 35.5. The van der Waals surface area contributed by atoms with Crippen LogP contribution in [0.3, 0.4) is 0 Å². The van der Waals surface area contributed by atoms with Crippen molar-refractivity contribution in [3.8, 4) is 0 Å². The molecule has 0 saturated heterocycles. The zero-order chi connectivity index (χ0) is 14.0. The summed E-state index contributed by atoms with van der Waals surface area (Å²) in [5.41, 5.74) is 3.92. The number of esters is 1. The number of halogens is 1. The van der Waals surface area contributed by atoms with Crippen LogP contribution in [-0.4, -0.2) is 18.1 Å². The van der Waals surface area contributed by atoms with E-state index >= 15 is 0 Å². The minimum absolute atomic E-state index is 0.201. The minimum Gasteiger partial charge on any atom is -0.469 e. The van der Waals surface area contributed by atoms with Gasteiger partial charge in [0.05, 0.1) is 12.6 Å².